The molecule has 1 aliphatic rings. The van der Waals surface area contributed by atoms with Gasteiger partial charge in [-0.3, -0.25) is 4.79 Å². The molecule has 1 aliphatic carbocycles. The Kier molecular flexibility index (Phi) is 4.50. The first-order chi connectivity index (χ1) is 6.33. The fourth-order valence-electron chi connectivity index (χ4n) is 1.35. The van der Waals surface area contributed by atoms with Gasteiger partial charge in [0.15, 0.2) is 12.4 Å². The van der Waals surface area contributed by atoms with Crippen LogP contribution in [-0.2, 0) is 9.63 Å². The minimum Gasteiger partial charge on any atom is -0.388 e. The van der Waals surface area contributed by atoms with E-state index < -0.39 is 0 Å². The van der Waals surface area contributed by atoms with Crippen LogP contribution in [-0.4, -0.2) is 18.1 Å². The molecule has 1 rings (SSSR count). The molecule has 0 radical (unpaired) electrons. The highest BCUT2D eigenvalue weighted by Gasteiger charge is 2.07. The second kappa shape index (κ2) is 5.73. The second-order valence-corrected chi connectivity index (χ2v) is 3.38. The standard InChI is InChI=1S/C10H17NO2/c1-2-10(12)8-13-11-9-6-4-3-5-7-9/h2-8H2,1H3. The Hall–Kier alpha value is -0.860. The maximum Gasteiger partial charge on any atom is 0.175 e. The van der Waals surface area contributed by atoms with Crippen LogP contribution < -0.4 is 0 Å². The van der Waals surface area contributed by atoms with E-state index in [0.29, 0.717) is 6.42 Å². The molecule has 0 aromatic carbocycles. The van der Waals surface area contributed by atoms with Gasteiger partial charge >= 0.3 is 0 Å². The lowest BCUT2D eigenvalue weighted by Crippen LogP contribution is -2.08. The normalized spacial score (nSPS) is 16.8. The zero-order valence-corrected chi connectivity index (χ0v) is 8.21. The van der Waals surface area contributed by atoms with Crippen molar-refractivity contribution in [3.05, 3.63) is 0 Å². The molecule has 0 saturated heterocycles. The molecule has 0 N–H and O–H groups in total. The van der Waals surface area contributed by atoms with Gasteiger partial charge in [-0.25, -0.2) is 0 Å². The van der Waals surface area contributed by atoms with Crippen molar-refractivity contribution in [2.24, 2.45) is 5.16 Å². The third-order valence-corrected chi connectivity index (χ3v) is 2.24. The fraction of sp³-hybridized carbons (Fsp3) is 0.800. The molecular weight excluding hydrogens is 166 g/mol. The van der Waals surface area contributed by atoms with E-state index in [9.17, 15) is 4.79 Å². The van der Waals surface area contributed by atoms with Gasteiger partial charge in [0.25, 0.3) is 0 Å². The maximum atomic E-state index is 10.9. The Labute approximate surface area is 79.1 Å². The molecule has 0 spiro atoms. The van der Waals surface area contributed by atoms with Gasteiger partial charge in [-0.05, 0) is 25.7 Å². The van der Waals surface area contributed by atoms with Crippen LogP contribution in [0.1, 0.15) is 45.4 Å². The Balaban J connectivity index is 2.18. The summed E-state index contributed by atoms with van der Waals surface area (Å²) in [5.74, 6) is 0.111. The van der Waals surface area contributed by atoms with Crippen molar-refractivity contribution in [1.29, 1.82) is 0 Å². The number of carbonyl (C=O) groups is 1. The smallest absolute Gasteiger partial charge is 0.175 e. The summed E-state index contributed by atoms with van der Waals surface area (Å²) >= 11 is 0. The largest absolute Gasteiger partial charge is 0.388 e. The fourth-order valence-corrected chi connectivity index (χ4v) is 1.35. The quantitative estimate of drug-likeness (QED) is 0.627. The molecule has 13 heavy (non-hydrogen) atoms. The van der Waals surface area contributed by atoms with Crippen molar-refractivity contribution in [2.45, 2.75) is 45.4 Å². The Morgan fingerprint density at radius 1 is 1.38 bits per heavy atom. The lowest BCUT2D eigenvalue weighted by Gasteiger charge is -2.11. The first-order valence-electron chi connectivity index (χ1n) is 5.02. The van der Waals surface area contributed by atoms with Crippen LogP contribution in [0.4, 0.5) is 0 Å². The summed E-state index contributed by atoms with van der Waals surface area (Å²) in [7, 11) is 0. The molecular formula is C10H17NO2. The number of hydrogen-bond donors (Lipinski definition) is 0. The number of hydrogen-bond acceptors (Lipinski definition) is 3. The topological polar surface area (TPSA) is 38.7 Å². The van der Waals surface area contributed by atoms with Crippen molar-refractivity contribution in [2.75, 3.05) is 6.61 Å². The molecule has 0 atom stereocenters. The summed E-state index contributed by atoms with van der Waals surface area (Å²) in [6.07, 6.45) is 6.34. The average molecular weight is 183 g/mol. The number of rotatable bonds is 4. The van der Waals surface area contributed by atoms with Crippen LogP contribution in [0.25, 0.3) is 0 Å². The van der Waals surface area contributed by atoms with Crippen molar-refractivity contribution in [3.8, 4) is 0 Å². The lowest BCUT2D eigenvalue weighted by molar-refractivity contribution is -0.123. The van der Waals surface area contributed by atoms with Crippen LogP contribution in [0.15, 0.2) is 5.16 Å². The highest BCUT2D eigenvalue weighted by molar-refractivity contribution is 5.84. The van der Waals surface area contributed by atoms with E-state index >= 15 is 0 Å². The zero-order chi connectivity index (χ0) is 9.52. The van der Waals surface area contributed by atoms with E-state index in [1.807, 2.05) is 6.92 Å². The number of oxime groups is 1. The molecule has 74 valence electrons. The summed E-state index contributed by atoms with van der Waals surface area (Å²) in [5.41, 5.74) is 1.12. The zero-order valence-electron chi connectivity index (χ0n) is 8.21. The Bertz CT molecular complexity index is 191. The minimum atomic E-state index is 0.111. The van der Waals surface area contributed by atoms with Crippen molar-refractivity contribution < 1.29 is 9.63 Å². The van der Waals surface area contributed by atoms with Gasteiger partial charge in [0.1, 0.15) is 0 Å². The third-order valence-electron chi connectivity index (χ3n) is 2.24. The van der Waals surface area contributed by atoms with Crippen LogP contribution in [0.3, 0.4) is 0 Å². The molecule has 3 nitrogen and oxygen atoms in total. The molecule has 0 unspecified atom stereocenters. The Morgan fingerprint density at radius 2 is 2.08 bits per heavy atom. The monoisotopic (exact) mass is 183 g/mol. The van der Waals surface area contributed by atoms with Gasteiger partial charge in [-0.2, -0.15) is 0 Å². The van der Waals surface area contributed by atoms with Crippen LogP contribution >= 0.6 is 0 Å². The molecule has 0 aromatic heterocycles. The predicted molar refractivity (Wildman–Crippen MR) is 51.8 cm³/mol. The van der Waals surface area contributed by atoms with Crippen LogP contribution in [0, 0.1) is 0 Å². The van der Waals surface area contributed by atoms with Gasteiger partial charge < -0.3 is 4.84 Å². The van der Waals surface area contributed by atoms with E-state index in [1.54, 1.807) is 0 Å². The molecule has 0 bridgehead atoms. The summed E-state index contributed by atoms with van der Waals surface area (Å²) in [6, 6.07) is 0. The minimum absolute atomic E-state index is 0.111. The second-order valence-electron chi connectivity index (χ2n) is 3.38. The molecule has 0 amide bonds. The van der Waals surface area contributed by atoms with Gasteiger partial charge in [0.05, 0.1) is 5.71 Å². The van der Waals surface area contributed by atoms with Crippen molar-refractivity contribution in [3.63, 3.8) is 0 Å². The van der Waals surface area contributed by atoms with E-state index in [1.165, 1.54) is 19.3 Å². The first kappa shape index (κ1) is 10.2. The molecule has 1 fully saturated rings. The first-order valence-corrected chi connectivity index (χ1v) is 5.02. The highest BCUT2D eigenvalue weighted by Crippen LogP contribution is 2.14. The SMILES string of the molecule is CCC(=O)CON=C1CCCCC1. The lowest BCUT2D eigenvalue weighted by atomic mass is 9.99. The van der Waals surface area contributed by atoms with E-state index in [-0.39, 0.29) is 12.4 Å². The van der Waals surface area contributed by atoms with Crippen LogP contribution in [0.2, 0.25) is 0 Å². The number of nitrogens with zero attached hydrogens (tertiary/aromatic N) is 1. The number of carbonyl (C=O) groups excluding carboxylic acids is 1. The van der Waals surface area contributed by atoms with Gasteiger partial charge in [0, 0.05) is 6.42 Å². The number of Topliss-reactive ketones (excluding diaryl/α,β-unsaturated/α-hetero) is 1. The van der Waals surface area contributed by atoms with E-state index in [0.717, 1.165) is 18.6 Å². The average Bonchev–Trinajstić information content (AvgIpc) is 2.19. The van der Waals surface area contributed by atoms with Crippen molar-refractivity contribution in [1.82, 2.24) is 0 Å². The highest BCUT2D eigenvalue weighted by atomic mass is 16.6. The Morgan fingerprint density at radius 3 is 2.69 bits per heavy atom. The maximum absolute atomic E-state index is 10.9. The molecule has 0 heterocycles. The summed E-state index contributed by atoms with van der Waals surface area (Å²) < 4.78 is 0. The van der Waals surface area contributed by atoms with Crippen molar-refractivity contribution >= 4 is 11.5 Å². The van der Waals surface area contributed by atoms with Gasteiger partial charge in [-0.1, -0.05) is 18.5 Å². The summed E-state index contributed by atoms with van der Waals surface area (Å²) in [5, 5.41) is 3.97. The summed E-state index contributed by atoms with van der Waals surface area (Å²) in [6.45, 7) is 1.97. The molecule has 1 saturated carbocycles. The molecule has 0 aromatic rings. The molecule has 0 aliphatic heterocycles. The van der Waals surface area contributed by atoms with Gasteiger partial charge in [-0.15, -0.1) is 0 Å². The predicted octanol–water partition coefficient (Wildman–Crippen LogP) is 2.30. The number of ketones is 1. The van der Waals surface area contributed by atoms with Crippen LogP contribution in [0.5, 0.6) is 0 Å². The van der Waals surface area contributed by atoms with E-state index in [2.05, 4.69) is 5.16 Å². The van der Waals surface area contributed by atoms with Gasteiger partial charge in [0.2, 0.25) is 0 Å². The van der Waals surface area contributed by atoms with E-state index in [4.69, 9.17) is 4.84 Å². The molecule has 3 heteroatoms. The third kappa shape index (κ3) is 4.06. The summed E-state index contributed by atoms with van der Waals surface area (Å²) in [4.78, 5) is 15.8.